The average Bonchev–Trinajstić information content (AvgIpc) is 2.98. The first kappa shape index (κ1) is 12.0. The Morgan fingerprint density at radius 3 is 2.53 bits per heavy atom. The van der Waals surface area contributed by atoms with Gasteiger partial charge in [-0.15, -0.1) is 0 Å². The van der Waals surface area contributed by atoms with Gasteiger partial charge < -0.3 is 15.5 Å². The predicted molar refractivity (Wildman–Crippen MR) is 57.3 cm³/mol. The van der Waals surface area contributed by atoms with Crippen LogP contribution >= 0.6 is 0 Å². The van der Waals surface area contributed by atoms with Gasteiger partial charge in [-0.1, -0.05) is 0 Å². The molecule has 0 heterocycles. The number of amides is 2. The maximum absolute atomic E-state index is 11.5. The van der Waals surface area contributed by atoms with Gasteiger partial charge >= 0.3 is 0 Å². The minimum Gasteiger partial charge on any atom is -0.355 e. The highest BCUT2D eigenvalue weighted by Gasteiger charge is 2.28. The van der Waals surface area contributed by atoms with Crippen molar-refractivity contribution in [3.05, 3.63) is 0 Å². The Bertz CT molecular complexity index is 239. The number of likely N-dealkylation sites (N-methyl/N-ethyl adjacent to an activating group) is 1. The van der Waals surface area contributed by atoms with E-state index in [1.807, 2.05) is 7.05 Å². The quantitative estimate of drug-likeness (QED) is 0.575. The van der Waals surface area contributed by atoms with Gasteiger partial charge in [0.25, 0.3) is 0 Å². The van der Waals surface area contributed by atoms with E-state index in [-0.39, 0.29) is 11.8 Å². The van der Waals surface area contributed by atoms with E-state index in [4.69, 9.17) is 0 Å². The molecule has 2 N–H and O–H groups in total. The van der Waals surface area contributed by atoms with Gasteiger partial charge in [0.05, 0.1) is 6.54 Å². The van der Waals surface area contributed by atoms with Crippen LogP contribution in [0.4, 0.5) is 0 Å². The summed E-state index contributed by atoms with van der Waals surface area (Å²) >= 11 is 0. The number of rotatable bonds is 6. The van der Waals surface area contributed by atoms with E-state index in [9.17, 15) is 9.59 Å². The van der Waals surface area contributed by atoms with Crippen molar-refractivity contribution in [2.45, 2.75) is 25.8 Å². The van der Waals surface area contributed by atoms with Crippen LogP contribution in [0.3, 0.4) is 0 Å². The van der Waals surface area contributed by atoms with Gasteiger partial charge in [-0.3, -0.25) is 9.59 Å². The van der Waals surface area contributed by atoms with Crippen LogP contribution in [0.25, 0.3) is 0 Å². The van der Waals surface area contributed by atoms with Gasteiger partial charge in [0, 0.05) is 33.1 Å². The minimum absolute atomic E-state index is 0.0433. The number of carbonyl (C=O) groups excluding carboxylic acids is 2. The molecule has 15 heavy (non-hydrogen) atoms. The van der Waals surface area contributed by atoms with Crippen LogP contribution in [0, 0.1) is 0 Å². The van der Waals surface area contributed by atoms with Crippen LogP contribution in [0.15, 0.2) is 0 Å². The number of hydrogen-bond acceptors (Lipinski definition) is 3. The fourth-order valence-electron chi connectivity index (χ4n) is 1.31. The highest BCUT2D eigenvalue weighted by atomic mass is 16.2. The standard InChI is InChI=1S/C10H19N3O2/c1-8(14)12-6-5-11-7-10(15)13(2)9-3-4-9/h9,11H,3-7H2,1-2H3,(H,12,14). The average molecular weight is 213 g/mol. The van der Waals surface area contributed by atoms with E-state index in [0.717, 1.165) is 12.8 Å². The van der Waals surface area contributed by atoms with Crippen molar-refractivity contribution in [3.8, 4) is 0 Å². The van der Waals surface area contributed by atoms with Gasteiger partial charge in [-0.25, -0.2) is 0 Å². The van der Waals surface area contributed by atoms with Gasteiger partial charge in [0.15, 0.2) is 0 Å². The first-order valence-corrected chi connectivity index (χ1v) is 5.32. The van der Waals surface area contributed by atoms with Crippen molar-refractivity contribution in [3.63, 3.8) is 0 Å². The highest BCUT2D eigenvalue weighted by Crippen LogP contribution is 2.24. The first-order valence-electron chi connectivity index (χ1n) is 5.32. The topological polar surface area (TPSA) is 61.4 Å². The molecule has 1 aliphatic rings. The Hall–Kier alpha value is -1.10. The second-order valence-electron chi connectivity index (χ2n) is 3.90. The van der Waals surface area contributed by atoms with Gasteiger partial charge in [0.2, 0.25) is 11.8 Å². The normalized spacial score (nSPS) is 14.8. The van der Waals surface area contributed by atoms with Gasteiger partial charge in [0.1, 0.15) is 0 Å². The molecule has 0 atom stereocenters. The fourth-order valence-corrected chi connectivity index (χ4v) is 1.31. The van der Waals surface area contributed by atoms with Crippen molar-refractivity contribution >= 4 is 11.8 Å². The lowest BCUT2D eigenvalue weighted by Crippen LogP contribution is -2.39. The van der Waals surface area contributed by atoms with Crippen molar-refractivity contribution < 1.29 is 9.59 Å². The largest absolute Gasteiger partial charge is 0.355 e. The molecule has 0 aromatic rings. The van der Waals surface area contributed by atoms with Gasteiger partial charge in [-0.2, -0.15) is 0 Å². The van der Waals surface area contributed by atoms with E-state index in [2.05, 4.69) is 10.6 Å². The maximum Gasteiger partial charge on any atom is 0.236 e. The molecule has 1 aliphatic carbocycles. The van der Waals surface area contributed by atoms with Crippen LogP contribution in [0.2, 0.25) is 0 Å². The Morgan fingerprint density at radius 1 is 1.33 bits per heavy atom. The van der Waals surface area contributed by atoms with Crippen LogP contribution in [-0.4, -0.2) is 49.4 Å². The van der Waals surface area contributed by atoms with E-state index in [0.29, 0.717) is 25.7 Å². The molecule has 2 amide bonds. The smallest absolute Gasteiger partial charge is 0.236 e. The molecule has 5 heteroatoms. The number of nitrogens with one attached hydrogen (secondary N) is 2. The van der Waals surface area contributed by atoms with Crippen molar-refractivity contribution in [2.75, 3.05) is 26.7 Å². The summed E-state index contributed by atoms with van der Waals surface area (Å²) in [4.78, 5) is 23.8. The molecule has 0 radical (unpaired) electrons. The predicted octanol–water partition coefficient (Wildman–Crippen LogP) is -0.667. The molecule has 0 aromatic carbocycles. The number of hydrogen-bond donors (Lipinski definition) is 2. The van der Waals surface area contributed by atoms with E-state index in [1.54, 1.807) is 4.90 Å². The lowest BCUT2D eigenvalue weighted by Gasteiger charge is -2.16. The summed E-state index contributed by atoms with van der Waals surface area (Å²) in [6.07, 6.45) is 2.27. The zero-order valence-corrected chi connectivity index (χ0v) is 9.38. The SMILES string of the molecule is CC(=O)NCCNCC(=O)N(C)C1CC1. The third kappa shape index (κ3) is 4.78. The Morgan fingerprint density at radius 2 is 2.00 bits per heavy atom. The van der Waals surface area contributed by atoms with Crippen molar-refractivity contribution in [1.29, 1.82) is 0 Å². The monoisotopic (exact) mass is 213 g/mol. The lowest BCUT2D eigenvalue weighted by atomic mass is 10.4. The number of nitrogens with zero attached hydrogens (tertiary/aromatic N) is 1. The third-order valence-electron chi connectivity index (χ3n) is 2.44. The summed E-state index contributed by atoms with van der Waals surface area (Å²) in [6, 6.07) is 0.467. The third-order valence-corrected chi connectivity index (χ3v) is 2.44. The van der Waals surface area contributed by atoms with Crippen molar-refractivity contribution in [1.82, 2.24) is 15.5 Å². The van der Waals surface area contributed by atoms with E-state index < -0.39 is 0 Å². The maximum atomic E-state index is 11.5. The Kier molecular flexibility index (Phi) is 4.55. The molecule has 0 aliphatic heterocycles. The summed E-state index contributed by atoms with van der Waals surface area (Å²) in [5.41, 5.74) is 0. The number of carbonyl (C=O) groups is 2. The Labute approximate surface area is 90.2 Å². The summed E-state index contributed by atoms with van der Waals surface area (Å²) in [6.45, 7) is 3.03. The van der Waals surface area contributed by atoms with E-state index in [1.165, 1.54) is 6.92 Å². The summed E-state index contributed by atoms with van der Waals surface area (Å²) in [5, 5.41) is 5.66. The molecule has 1 rings (SSSR count). The lowest BCUT2D eigenvalue weighted by molar-refractivity contribution is -0.129. The fraction of sp³-hybridized carbons (Fsp3) is 0.800. The highest BCUT2D eigenvalue weighted by molar-refractivity contribution is 5.78. The first-order chi connectivity index (χ1) is 7.11. The van der Waals surface area contributed by atoms with E-state index >= 15 is 0 Å². The molecule has 0 bridgehead atoms. The summed E-state index contributed by atoms with van der Waals surface area (Å²) in [7, 11) is 1.84. The molecular weight excluding hydrogens is 194 g/mol. The molecule has 5 nitrogen and oxygen atoms in total. The molecule has 0 spiro atoms. The van der Waals surface area contributed by atoms with Crippen LogP contribution < -0.4 is 10.6 Å². The van der Waals surface area contributed by atoms with Crippen molar-refractivity contribution in [2.24, 2.45) is 0 Å². The summed E-state index contributed by atoms with van der Waals surface area (Å²) in [5.74, 6) is 0.0820. The minimum atomic E-state index is -0.0433. The molecule has 1 saturated carbocycles. The molecule has 86 valence electrons. The molecule has 1 fully saturated rings. The molecule has 0 unspecified atom stereocenters. The second-order valence-corrected chi connectivity index (χ2v) is 3.90. The molecular formula is C10H19N3O2. The Balaban J connectivity index is 1.99. The van der Waals surface area contributed by atoms with Crippen LogP contribution in [0.5, 0.6) is 0 Å². The second kappa shape index (κ2) is 5.70. The molecule has 0 aromatic heterocycles. The van der Waals surface area contributed by atoms with Crippen LogP contribution in [0.1, 0.15) is 19.8 Å². The molecule has 0 saturated heterocycles. The zero-order valence-electron chi connectivity index (χ0n) is 9.38. The summed E-state index contributed by atoms with van der Waals surface area (Å²) < 4.78 is 0. The zero-order chi connectivity index (χ0) is 11.3. The van der Waals surface area contributed by atoms with Crippen LogP contribution in [-0.2, 0) is 9.59 Å². The van der Waals surface area contributed by atoms with Gasteiger partial charge in [-0.05, 0) is 12.8 Å².